The second-order valence-electron chi connectivity index (χ2n) is 4.46. The number of nitrogens with one attached hydrogen (secondary N) is 2. The molecular weight excluding hydrogens is 251 g/mol. The number of rotatable bonds is 3. The highest BCUT2D eigenvalue weighted by Crippen LogP contribution is 2.21. The Morgan fingerprint density at radius 3 is 2.79 bits per heavy atom. The number of halogens is 1. The number of piperidine rings is 1. The number of para-hydroxylation sites is 1. The quantitative estimate of drug-likeness (QED) is 0.776. The fourth-order valence-electron chi connectivity index (χ4n) is 2.12. The van der Waals surface area contributed by atoms with E-state index in [0.29, 0.717) is 6.42 Å². The van der Waals surface area contributed by atoms with Gasteiger partial charge in [-0.3, -0.25) is 4.79 Å². The highest BCUT2D eigenvalue weighted by atomic mass is 19.1. The third kappa shape index (κ3) is 3.08. The minimum Gasteiger partial charge on any atom is -0.478 e. The van der Waals surface area contributed by atoms with Crippen molar-refractivity contribution in [3.05, 3.63) is 29.6 Å². The molecule has 1 aromatic rings. The van der Waals surface area contributed by atoms with E-state index in [0.717, 1.165) is 25.5 Å². The maximum absolute atomic E-state index is 13.6. The smallest absolute Gasteiger partial charge is 0.337 e. The lowest BCUT2D eigenvalue weighted by Crippen LogP contribution is -2.43. The molecule has 19 heavy (non-hydrogen) atoms. The Labute approximate surface area is 109 Å². The number of carbonyl (C=O) groups is 2. The van der Waals surface area contributed by atoms with E-state index in [9.17, 15) is 14.0 Å². The van der Waals surface area contributed by atoms with Crippen LogP contribution in [0.3, 0.4) is 0 Å². The van der Waals surface area contributed by atoms with Gasteiger partial charge >= 0.3 is 5.97 Å². The summed E-state index contributed by atoms with van der Waals surface area (Å²) in [5.41, 5.74) is -0.517. The molecule has 0 aromatic heterocycles. The van der Waals surface area contributed by atoms with Gasteiger partial charge in [-0.25, -0.2) is 9.18 Å². The van der Waals surface area contributed by atoms with E-state index in [-0.39, 0.29) is 11.3 Å². The number of carbonyl (C=O) groups excluding carboxylic acids is 1. The summed E-state index contributed by atoms with van der Waals surface area (Å²) in [5, 5.41) is 14.4. The van der Waals surface area contributed by atoms with Crippen molar-refractivity contribution in [2.45, 2.75) is 25.3 Å². The molecule has 0 spiro atoms. The van der Waals surface area contributed by atoms with Crippen molar-refractivity contribution < 1.29 is 19.1 Å². The molecule has 1 aliphatic rings. The molecule has 1 aromatic carbocycles. The Balaban J connectivity index is 2.18. The number of hydrogen-bond donors (Lipinski definition) is 3. The minimum atomic E-state index is -1.27. The lowest BCUT2D eigenvalue weighted by atomic mass is 10.0. The monoisotopic (exact) mass is 266 g/mol. The zero-order chi connectivity index (χ0) is 13.8. The number of carboxylic acids is 1. The summed E-state index contributed by atoms with van der Waals surface area (Å²) in [6.07, 6.45) is 2.60. The highest BCUT2D eigenvalue weighted by molar-refractivity contribution is 6.02. The molecule has 102 valence electrons. The van der Waals surface area contributed by atoms with Crippen LogP contribution in [0.25, 0.3) is 0 Å². The molecule has 1 heterocycles. The van der Waals surface area contributed by atoms with Crippen LogP contribution in [0.5, 0.6) is 0 Å². The van der Waals surface area contributed by atoms with Crippen molar-refractivity contribution in [1.82, 2.24) is 5.32 Å². The van der Waals surface area contributed by atoms with Crippen LogP contribution in [0, 0.1) is 5.82 Å². The molecule has 0 unspecified atom stereocenters. The summed E-state index contributed by atoms with van der Waals surface area (Å²) in [6.45, 7) is 0.737. The summed E-state index contributed by atoms with van der Waals surface area (Å²) in [7, 11) is 0. The summed E-state index contributed by atoms with van der Waals surface area (Å²) >= 11 is 0. The largest absolute Gasteiger partial charge is 0.478 e. The summed E-state index contributed by atoms with van der Waals surface area (Å²) in [5.74, 6) is -2.41. The van der Waals surface area contributed by atoms with Gasteiger partial charge in [-0.05, 0) is 31.5 Å². The van der Waals surface area contributed by atoms with E-state index in [1.807, 2.05) is 0 Å². The van der Waals surface area contributed by atoms with Crippen LogP contribution >= 0.6 is 0 Å². The van der Waals surface area contributed by atoms with Crippen LogP contribution in [0.1, 0.15) is 29.6 Å². The van der Waals surface area contributed by atoms with E-state index in [4.69, 9.17) is 5.11 Å². The van der Waals surface area contributed by atoms with Gasteiger partial charge in [0, 0.05) is 0 Å². The van der Waals surface area contributed by atoms with Crippen molar-refractivity contribution in [2.24, 2.45) is 0 Å². The van der Waals surface area contributed by atoms with Gasteiger partial charge in [0.25, 0.3) is 0 Å². The predicted molar refractivity (Wildman–Crippen MR) is 67.6 cm³/mol. The third-order valence-electron chi connectivity index (χ3n) is 3.12. The first-order valence-electron chi connectivity index (χ1n) is 6.15. The number of carboxylic acid groups (broad SMARTS) is 1. The average molecular weight is 266 g/mol. The second-order valence-corrected chi connectivity index (χ2v) is 4.46. The van der Waals surface area contributed by atoms with Gasteiger partial charge in [0.2, 0.25) is 5.91 Å². The van der Waals surface area contributed by atoms with Crippen molar-refractivity contribution in [2.75, 3.05) is 11.9 Å². The molecule has 3 N–H and O–H groups in total. The molecule has 0 aliphatic carbocycles. The Morgan fingerprint density at radius 1 is 1.37 bits per heavy atom. The molecule has 0 bridgehead atoms. The van der Waals surface area contributed by atoms with Crippen LogP contribution < -0.4 is 10.6 Å². The molecular formula is C13H15FN2O3. The maximum Gasteiger partial charge on any atom is 0.337 e. The number of benzene rings is 1. The fraction of sp³-hybridized carbons (Fsp3) is 0.385. The van der Waals surface area contributed by atoms with E-state index in [1.54, 1.807) is 0 Å². The fourth-order valence-corrected chi connectivity index (χ4v) is 2.12. The highest BCUT2D eigenvalue weighted by Gasteiger charge is 2.23. The molecule has 1 aliphatic heterocycles. The average Bonchev–Trinajstić information content (AvgIpc) is 2.41. The number of anilines is 1. The molecule has 1 fully saturated rings. The van der Waals surface area contributed by atoms with Crippen molar-refractivity contribution >= 4 is 17.6 Å². The molecule has 2 rings (SSSR count). The van der Waals surface area contributed by atoms with Gasteiger partial charge in [-0.15, -0.1) is 0 Å². The summed E-state index contributed by atoms with van der Waals surface area (Å²) in [6, 6.07) is 3.29. The van der Waals surface area contributed by atoms with Crippen molar-refractivity contribution in [3.63, 3.8) is 0 Å². The van der Waals surface area contributed by atoms with Crippen molar-refractivity contribution in [1.29, 1.82) is 0 Å². The van der Waals surface area contributed by atoms with Gasteiger partial charge in [0.05, 0.1) is 17.3 Å². The van der Waals surface area contributed by atoms with Gasteiger partial charge < -0.3 is 15.7 Å². The van der Waals surface area contributed by atoms with Gasteiger partial charge in [-0.2, -0.15) is 0 Å². The van der Waals surface area contributed by atoms with E-state index in [1.165, 1.54) is 12.1 Å². The van der Waals surface area contributed by atoms with E-state index < -0.39 is 23.7 Å². The third-order valence-corrected chi connectivity index (χ3v) is 3.12. The molecule has 0 saturated carbocycles. The Bertz CT molecular complexity index is 499. The SMILES string of the molecule is O=C(O)c1cccc(F)c1NC(=O)[C@@H]1CCCCN1. The maximum atomic E-state index is 13.6. The Kier molecular flexibility index (Phi) is 4.11. The number of amides is 1. The summed E-state index contributed by atoms with van der Waals surface area (Å²) in [4.78, 5) is 23.0. The topological polar surface area (TPSA) is 78.4 Å². The second kappa shape index (κ2) is 5.79. The first kappa shape index (κ1) is 13.5. The lowest BCUT2D eigenvalue weighted by molar-refractivity contribution is -0.118. The Morgan fingerprint density at radius 2 is 2.16 bits per heavy atom. The number of hydrogen-bond acceptors (Lipinski definition) is 3. The van der Waals surface area contributed by atoms with Gasteiger partial charge in [0.15, 0.2) is 0 Å². The minimum absolute atomic E-state index is 0.246. The molecule has 1 saturated heterocycles. The number of aromatic carboxylic acids is 1. The standard InChI is InChI=1S/C13H15FN2O3/c14-9-5-3-4-8(13(18)19)11(9)16-12(17)10-6-1-2-7-15-10/h3-5,10,15H,1-2,6-7H2,(H,16,17)(H,18,19)/t10-/m0/s1. The van der Waals surface area contributed by atoms with E-state index >= 15 is 0 Å². The molecule has 5 nitrogen and oxygen atoms in total. The predicted octanol–water partition coefficient (Wildman–Crippen LogP) is 1.60. The Hall–Kier alpha value is -1.95. The van der Waals surface area contributed by atoms with Crippen LogP contribution in [-0.4, -0.2) is 29.6 Å². The first-order chi connectivity index (χ1) is 9.09. The molecule has 0 radical (unpaired) electrons. The zero-order valence-electron chi connectivity index (χ0n) is 10.3. The van der Waals surface area contributed by atoms with Crippen molar-refractivity contribution in [3.8, 4) is 0 Å². The van der Waals surface area contributed by atoms with Crippen LogP contribution in [0.15, 0.2) is 18.2 Å². The van der Waals surface area contributed by atoms with Gasteiger partial charge in [0.1, 0.15) is 5.82 Å². The lowest BCUT2D eigenvalue weighted by Gasteiger charge is -2.23. The van der Waals surface area contributed by atoms with Gasteiger partial charge in [-0.1, -0.05) is 12.5 Å². The summed E-state index contributed by atoms with van der Waals surface area (Å²) < 4.78 is 13.6. The first-order valence-corrected chi connectivity index (χ1v) is 6.15. The molecule has 6 heteroatoms. The zero-order valence-corrected chi connectivity index (χ0v) is 10.3. The van der Waals surface area contributed by atoms with E-state index in [2.05, 4.69) is 10.6 Å². The van der Waals surface area contributed by atoms with Crippen LogP contribution in [0.2, 0.25) is 0 Å². The normalized spacial score (nSPS) is 18.9. The molecule has 1 amide bonds. The van der Waals surface area contributed by atoms with Crippen LogP contribution in [0.4, 0.5) is 10.1 Å². The van der Waals surface area contributed by atoms with Crippen LogP contribution in [-0.2, 0) is 4.79 Å². The molecule has 1 atom stereocenters.